The lowest BCUT2D eigenvalue weighted by atomic mass is 10.1. The van der Waals surface area contributed by atoms with Crippen molar-refractivity contribution < 1.29 is 21.6 Å². The number of hydrogen-bond donors (Lipinski definition) is 2. The summed E-state index contributed by atoms with van der Waals surface area (Å²) in [7, 11) is -3.60. The van der Waals surface area contributed by atoms with Crippen molar-refractivity contribution in [3.8, 4) is 0 Å². The molecule has 1 heterocycles. The first kappa shape index (κ1) is 20.9. The lowest BCUT2D eigenvalue weighted by Gasteiger charge is -2.32. The topological polar surface area (TPSA) is 73.8 Å². The van der Waals surface area contributed by atoms with Crippen LogP contribution >= 0.6 is 0 Å². The molecule has 3 rings (SSSR count). The van der Waals surface area contributed by atoms with Crippen LogP contribution in [0.4, 0.5) is 13.2 Å². The van der Waals surface area contributed by atoms with Crippen LogP contribution in [0.5, 0.6) is 0 Å². The molecule has 1 aromatic rings. The Bertz CT molecular complexity index is 791. The molecule has 2 N–H and O–H groups in total. The van der Waals surface area contributed by atoms with Gasteiger partial charge < -0.3 is 10.6 Å². The number of alkyl halides is 3. The van der Waals surface area contributed by atoms with E-state index in [9.17, 15) is 21.6 Å². The first-order valence-corrected chi connectivity index (χ1v) is 10.7. The highest BCUT2D eigenvalue weighted by molar-refractivity contribution is 7.90. The number of nitrogens with one attached hydrogen (secondary N) is 2. The van der Waals surface area contributed by atoms with Crippen LogP contribution in [0.3, 0.4) is 0 Å². The van der Waals surface area contributed by atoms with Gasteiger partial charge in [-0.25, -0.2) is 8.42 Å². The fraction of sp³-hybridized carbons (Fsp3) is 0.611. The SMILES string of the molecule is CN=C(NCC1CC1c1ccccc1)NC1CCN(S(=O)(=O)C(F)(F)F)CC1. The quantitative estimate of drug-likeness (QED) is 0.568. The van der Waals surface area contributed by atoms with Gasteiger partial charge in [0.05, 0.1) is 0 Å². The molecule has 1 saturated heterocycles. The van der Waals surface area contributed by atoms with E-state index in [-0.39, 0.29) is 19.1 Å². The van der Waals surface area contributed by atoms with E-state index in [0.29, 0.717) is 34.9 Å². The Kier molecular flexibility index (Phi) is 6.18. The van der Waals surface area contributed by atoms with Crippen LogP contribution < -0.4 is 10.6 Å². The lowest BCUT2D eigenvalue weighted by molar-refractivity contribution is -0.0494. The number of hydrogen-bond acceptors (Lipinski definition) is 3. The zero-order valence-electron chi connectivity index (χ0n) is 15.6. The van der Waals surface area contributed by atoms with Gasteiger partial charge >= 0.3 is 15.5 Å². The van der Waals surface area contributed by atoms with E-state index in [0.717, 1.165) is 13.0 Å². The standard InChI is InChI=1S/C18H25F3N4O2S/c1-22-17(23-12-14-11-16(14)13-5-3-2-4-6-13)24-15-7-9-25(10-8-15)28(26,27)18(19,20)21/h2-6,14-16H,7-12H2,1H3,(H2,22,23,24). The molecule has 1 aromatic carbocycles. The minimum absolute atomic E-state index is 0.116. The molecule has 1 saturated carbocycles. The average molecular weight is 418 g/mol. The van der Waals surface area contributed by atoms with E-state index in [1.165, 1.54) is 5.56 Å². The van der Waals surface area contributed by atoms with E-state index in [4.69, 9.17) is 0 Å². The van der Waals surface area contributed by atoms with Crippen LogP contribution in [-0.4, -0.2) is 56.9 Å². The predicted molar refractivity (Wildman–Crippen MR) is 101 cm³/mol. The summed E-state index contributed by atoms with van der Waals surface area (Å²) in [4.78, 5) is 4.17. The Morgan fingerprint density at radius 3 is 2.43 bits per heavy atom. The third-order valence-corrected chi connectivity index (χ3v) is 6.96. The van der Waals surface area contributed by atoms with Crippen LogP contribution in [0.2, 0.25) is 0 Å². The molecule has 2 aliphatic rings. The van der Waals surface area contributed by atoms with Crippen molar-refractivity contribution in [3.05, 3.63) is 35.9 Å². The van der Waals surface area contributed by atoms with Crippen LogP contribution in [0, 0.1) is 5.92 Å². The maximum Gasteiger partial charge on any atom is 0.511 e. The number of piperidine rings is 1. The average Bonchev–Trinajstić information content (AvgIpc) is 3.45. The zero-order chi connectivity index (χ0) is 20.4. The maximum absolute atomic E-state index is 12.6. The zero-order valence-corrected chi connectivity index (χ0v) is 16.4. The number of nitrogens with zero attached hydrogens (tertiary/aromatic N) is 2. The Morgan fingerprint density at radius 2 is 1.86 bits per heavy atom. The molecule has 1 aliphatic carbocycles. The van der Waals surface area contributed by atoms with Crippen molar-refractivity contribution in [3.63, 3.8) is 0 Å². The molecule has 2 unspecified atom stereocenters. The number of rotatable bonds is 5. The molecular formula is C18H25F3N4O2S. The van der Waals surface area contributed by atoms with E-state index < -0.39 is 15.5 Å². The molecule has 2 atom stereocenters. The number of aliphatic imine (C=N–C) groups is 1. The molecule has 0 bridgehead atoms. The molecule has 0 radical (unpaired) electrons. The molecule has 156 valence electrons. The van der Waals surface area contributed by atoms with Crippen molar-refractivity contribution >= 4 is 16.0 Å². The molecule has 6 nitrogen and oxygen atoms in total. The summed E-state index contributed by atoms with van der Waals surface area (Å²) in [5.74, 6) is 1.66. The van der Waals surface area contributed by atoms with Gasteiger partial charge in [-0.1, -0.05) is 30.3 Å². The normalized spacial score (nSPS) is 24.8. The van der Waals surface area contributed by atoms with E-state index in [1.807, 2.05) is 18.2 Å². The van der Waals surface area contributed by atoms with Gasteiger partial charge in [-0.2, -0.15) is 17.5 Å². The van der Waals surface area contributed by atoms with Crippen molar-refractivity contribution in [2.75, 3.05) is 26.7 Å². The Hall–Kier alpha value is -1.81. The summed E-state index contributed by atoms with van der Waals surface area (Å²) in [6.07, 6.45) is 1.71. The molecule has 0 amide bonds. The molecule has 1 aliphatic heterocycles. The van der Waals surface area contributed by atoms with Crippen LogP contribution in [-0.2, 0) is 10.0 Å². The monoisotopic (exact) mass is 418 g/mol. The summed E-state index contributed by atoms with van der Waals surface area (Å²) in [5.41, 5.74) is -3.92. The first-order valence-electron chi connectivity index (χ1n) is 9.31. The third kappa shape index (κ3) is 4.78. The van der Waals surface area contributed by atoms with Gasteiger partial charge in [0.25, 0.3) is 0 Å². The fourth-order valence-corrected chi connectivity index (χ4v) is 4.57. The van der Waals surface area contributed by atoms with Crippen LogP contribution in [0.15, 0.2) is 35.3 Å². The number of halogens is 3. The van der Waals surface area contributed by atoms with Gasteiger partial charge in [0.1, 0.15) is 0 Å². The molecule has 28 heavy (non-hydrogen) atoms. The highest BCUT2D eigenvalue weighted by Gasteiger charge is 2.50. The first-order chi connectivity index (χ1) is 13.2. The minimum Gasteiger partial charge on any atom is -0.356 e. The fourth-order valence-electron chi connectivity index (χ4n) is 3.58. The van der Waals surface area contributed by atoms with E-state index >= 15 is 0 Å². The Morgan fingerprint density at radius 1 is 1.21 bits per heavy atom. The smallest absolute Gasteiger partial charge is 0.356 e. The number of sulfonamides is 1. The number of benzene rings is 1. The highest BCUT2D eigenvalue weighted by Crippen LogP contribution is 2.46. The summed E-state index contributed by atoms with van der Waals surface area (Å²) < 4.78 is 61.4. The number of guanidine groups is 1. The largest absolute Gasteiger partial charge is 0.511 e. The second-order valence-corrected chi connectivity index (χ2v) is 9.16. The highest BCUT2D eigenvalue weighted by atomic mass is 32.2. The molecular weight excluding hydrogens is 393 g/mol. The lowest BCUT2D eigenvalue weighted by Crippen LogP contribution is -2.51. The van der Waals surface area contributed by atoms with Crippen LogP contribution in [0.1, 0.15) is 30.7 Å². The molecule has 0 aromatic heterocycles. The van der Waals surface area contributed by atoms with Gasteiger partial charge in [-0.3, -0.25) is 4.99 Å². The maximum atomic E-state index is 12.6. The summed E-state index contributed by atoms with van der Waals surface area (Å²) in [6, 6.07) is 10.2. The predicted octanol–water partition coefficient (Wildman–Crippen LogP) is 2.27. The summed E-state index contributed by atoms with van der Waals surface area (Å²) in [6.45, 7) is 0.449. The van der Waals surface area contributed by atoms with Gasteiger partial charge in [-0.15, -0.1) is 0 Å². The van der Waals surface area contributed by atoms with Gasteiger partial charge in [-0.05, 0) is 36.7 Å². The van der Waals surface area contributed by atoms with E-state index in [1.54, 1.807) is 7.05 Å². The van der Waals surface area contributed by atoms with Crippen molar-refractivity contribution in [2.24, 2.45) is 10.9 Å². The Labute approximate surface area is 163 Å². The molecule has 10 heteroatoms. The minimum atomic E-state index is -5.25. The van der Waals surface area contributed by atoms with Crippen molar-refractivity contribution in [1.82, 2.24) is 14.9 Å². The van der Waals surface area contributed by atoms with Crippen molar-refractivity contribution in [2.45, 2.75) is 36.7 Å². The van der Waals surface area contributed by atoms with Gasteiger partial charge in [0.15, 0.2) is 5.96 Å². The van der Waals surface area contributed by atoms with Crippen molar-refractivity contribution in [1.29, 1.82) is 0 Å². The summed E-state index contributed by atoms with van der Waals surface area (Å²) >= 11 is 0. The van der Waals surface area contributed by atoms with Gasteiger partial charge in [0.2, 0.25) is 0 Å². The third-order valence-electron chi connectivity index (χ3n) is 5.33. The van der Waals surface area contributed by atoms with E-state index in [2.05, 4.69) is 27.8 Å². The Balaban J connectivity index is 1.43. The second-order valence-electron chi connectivity index (χ2n) is 7.23. The summed E-state index contributed by atoms with van der Waals surface area (Å²) in [5, 5.41) is 6.46. The van der Waals surface area contributed by atoms with Crippen LogP contribution in [0.25, 0.3) is 0 Å². The molecule has 0 spiro atoms. The second kappa shape index (κ2) is 8.28. The molecule has 2 fully saturated rings. The van der Waals surface area contributed by atoms with Gasteiger partial charge in [0, 0.05) is 32.7 Å².